The van der Waals surface area contributed by atoms with E-state index in [-0.39, 0.29) is 37.5 Å². The Bertz CT molecular complexity index is 1260. The van der Waals surface area contributed by atoms with Crippen LogP contribution < -0.4 is 0 Å². The van der Waals surface area contributed by atoms with Crippen molar-refractivity contribution < 1.29 is 28.6 Å². The summed E-state index contributed by atoms with van der Waals surface area (Å²) in [5, 5.41) is 0. The van der Waals surface area contributed by atoms with Crippen molar-refractivity contribution >= 4 is 17.9 Å². The number of unbranched alkanes of at least 4 members (excludes halogenated alkanes) is 28. The predicted octanol–water partition coefficient (Wildman–Crippen LogP) is 19.0. The maximum absolute atomic E-state index is 12.8. The van der Waals surface area contributed by atoms with E-state index in [4.69, 9.17) is 14.2 Å². The Morgan fingerprint density at radius 2 is 0.537 bits per heavy atom. The van der Waals surface area contributed by atoms with Gasteiger partial charge in [0.25, 0.3) is 0 Å². The van der Waals surface area contributed by atoms with Crippen molar-refractivity contribution in [1.29, 1.82) is 0 Å². The molecule has 0 amide bonds. The normalized spacial score (nSPS) is 12.6. The molecule has 67 heavy (non-hydrogen) atoms. The number of allylic oxidation sites excluding steroid dienone is 12. The minimum Gasteiger partial charge on any atom is -0.462 e. The van der Waals surface area contributed by atoms with E-state index in [0.29, 0.717) is 19.3 Å². The van der Waals surface area contributed by atoms with Gasteiger partial charge in [0, 0.05) is 19.3 Å². The third kappa shape index (κ3) is 53.7. The molecule has 0 unspecified atom stereocenters. The largest absolute Gasteiger partial charge is 0.462 e. The van der Waals surface area contributed by atoms with E-state index in [2.05, 4.69) is 93.7 Å². The lowest BCUT2D eigenvalue weighted by Crippen LogP contribution is -2.30. The molecule has 0 aliphatic rings. The first-order valence-corrected chi connectivity index (χ1v) is 28.4. The van der Waals surface area contributed by atoms with Crippen LogP contribution in [0.5, 0.6) is 0 Å². The maximum atomic E-state index is 12.8. The summed E-state index contributed by atoms with van der Waals surface area (Å²) in [6.45, 7) is 6.55. The van der Waals surface area contributed by atoms with E-state index in [1.54, 1.807) is 0 Å². The Kier molecular flexibility index (Phi) is 52.8. The van der Waals surface area contributed by atoms with E-state index in [9.17, 15) is 14.4 Å². The van der Waals surface area contributed by atoms with Gasteiger partial charge in [-0.15, -0.1) is 0 Å². The molecule has 386 valence electrons. The molecule has 1 atom stereocenters. The molecule has 6 heteroatoms. The molecule has 0 bridgehead atoms. The lowest BCUT2D eigenvalue weighted by molar-refractivity contribution is -0.167. The molecule has 6 nitrogen and oxygen atoms in total. The molecule has 0 radical (unpaired) electrons. The van der Waals surface area contributed by atoms with Crippen LogP contribution in [0.15, 0.2) is 72.9 Å². The van der Waals surface area contributed by atoms with E-state index < -0.39 is 6.10 Å². The third-order valence-electron chi connectivity index (χ3n) is 12.2. The van der Waals surface area contributed by atoms with Crippen molar-refractivity contribution in [3.63, 3.8) is 0 Å². The second-order valence-electron chi connectivity index (χ2n) is 18.8. The fourth-order valence-electron chi connectivity index (χ4n) is 7.83. The summed E-state index contributed by atoms with van der Waals surface area (Å²) in [6.07, 6.45) is 70.3. The Morgan fingerprint density at radius 3 is 0.910 bits per heavy atom. The average molecular weight is 936 g/mol. The van der Waals surface area contributed by atoms with Crippen LogP contribution >= 0.6 is 0 Å². The van der Waals surface area contributed by atoms with Crippen LogP contribution in [0.3, 0.4) is 0 Å². The Hall–Kier alpha value is -3.15. The van der Waals surface area contributed by atoms with Crippen molar-refractivity contribution in [2.24, 2.45) is 0 Å². The summed E-state index contributed by atoms with van der Waals surface area (Å²) in [4.78, 5) is 38.1. The van der Waals surface area contributed by atoms with Gasteiger partial charge >= 0.3 is 17.9 Å². The molecule has 0 heterocycles. The molecule has 0 spiro atoms. The first-order valence-electron chi connectivity index (χ1n) is 28.4. The van der Waals surface area contributed by atoms with Gasteiger partial charge in [0.1, 0.15) is 13.2 Å². The quantitative estimate of drug-likeness (QED) is 0.0262. The molecule has 0 rings (SSSR count). The third-order valence-corrected chi connectivity index (χ3v) is 12.2. The van der Waals surface area contributed by atoms with Gasteiger partial charge in [0.15, 0.2) is 6.10 Å². The number of hydrogen-bond donors (Lipinski definition) is 0. The number of rotatable bonds is 51. The number of esters is 3. The number of carbonyl (C=O) groups is 3. The van der Waals surface area contributed by atoms with Crippen LogP contribution in [0.25, 0.3) is 0 Å². The number of carbonyl (C=O) groups excluding carboxylic acids is 3. The van der Waals surface area contributed by atoms with Crippen molar-refractivity contribution in [3.8, 4) is 0 Å². The zero-order chi connectivity index (χ0) is 48.6. The van der Waals surface area contributed by atoms with Crippen molar-refractivity contribution in [1.82, 2.24) is 0 Å². The van der Waals surface area contributed by atoms with Crippen LogP contribution in [-0.4, -0.2) is 37.2 Å². The summed E-state index contributed by atoms with van der Waals surface area (Å²) in [5.41, 5.74) is 0. The summed E-state index contributed by atoms with van der Waals surface area (Å²) >= 11 is 0. The highest BCUT2D eigenvalue weighted by Crippen LogP contribution is 2.14. The van der Waals surface area contributed by atoms with E-state index in [0.717, 1.165) is 77.0 Å². The van der Waals surface area contributed by atoms with Gasteiger partial charge in [0.2, 0.25) is 0 Å². The standard InChI is InChI=1S/C61H106O6/c1-4-7-10-13-16-19-22-25-28-29-30-31-34-36-39-42-45-48-51-54-60(63)66-57-58(67-61(64)55-52-49-46-43-40-37-33-27-24-21-18-15-12-9-6-3)56-65-59(62)53-50-47-44-41-38-35-32-26-23-20-17-14-11-8-5-2/h16,18-19,21,25-28,32-33,40,43,58H,4-15,17,20,22-24,29-31,34-39,41-42,44-57H2,1-3H3/b19-16-,21-18-,28-25-,32-26-,33-27-,43-40-/t58-/m0/s1. The topological polar surface area (TPSA) is 78.9 Å². The highest BCUT2D eigenvalue weighted by Gasteiger charge is 2.19. The van der Waals surface area contributed by atoms with Crippen LogP contribution in [-0.2, 0) is 28.6 Å². The summed E-state index contributed by atoms with van der Waals surface area (Å²) in [5.74, 6) is -0.940. The number of hydrogen-bond acceptors (Lipinski definition) is 6. The van der Waals surface area contributed by atoms with E-state index >= 15 is 0 Å². The van der Waals surface area contributed by atoms with Crippen molar-refractivity contribution in [2.75, 3.05) is 13.2 Å². The fraction of sp³-hybridized carbons (Fsp3) is 0.754. The smallest absolute Gasteiger partial charge is 0.306 e. The first kappa shape index (κ1) is 63.8. The molecule has 0 aromatic heterocycles. The first-order chi connectivity index (χ1) is 33.0. The Balaban J connectivity index is 4.43. The summed E-state index contributed by atoms with van der Waals surface area (Å²) in [7, 11) is 0. The van der Waals surface area contributed by atoms with Crippen LogP contribution in [0.1, 0.15) is 278 Å². The molecule has 0 aliphatic heterocycles. The molecule has 0 saturated heterocycles. The fourth-order valence-corrected chi connectivity index (χ4v) is 7.83. The Morgan fingerprint density at radius 1 is 0.299 bits per heavy atom. The molecular formula is C61H106O6. The van der Waals surface area contributed by atoms with Gasteiger partial charge in [-0.3, -0.25) is 14.4 Å². The monoisotopic (exact) mass is 935 g/mol. The zero-order valence-electron chi connectivity index (χ0n) is 44.2. The summed E-state index contributed by atoms with van der Waals surface area (Å²) in [6, 6.07) is 0. The van der Waals surface area contributed by atoms with Gasteiger partial charge in [-0.1, -0.05) is 216 Å². The van der Waals surface area contributed by atoms with Gasteiger partial charge < -0.3 is 14.2 Å². The van der Waals surface area contributed by atoms with Crippen molar-refractivity contribution in [2.45, 2.75) is 284 Å². The molecule has 0 aromatic carbocycles. The minimum atomic E-state index is -0.800. The van der Waals surface area contributed by atoms with E-state index in [1.807, 2.05) is 0 Å². The summed E-state index contributed by atoms with van der Waals surface area (Å²) < 4.78 is 16.8. The minimum absolute atomic E-state index is 0.0951. The Labute approximate surface area is 414 Å². The zero-order valence-corrected chi connectivity index (χ0v) is 44.2. The van der Waals surface area contributed by atoms with Gasteiger partial charge in [-0.05, 0) is 116 Å². The lowest BCUT2D eigenvalue weighted by Gasteiger charge is -2.18. The highest BCUT2D eigenvalue weighted by molar-refractivity contribution is 5.71. The van der Waals surface area contributed by atoms with E-state index in [1.165, 1.54) is 154 Å². The second kappa shape index (κ2) is 55.4. The lowest BCUT2D eigenvalue weighted by atomic mass is 10.1. The molecular weight excluding hydrogens is 829 g/mol. The number of ether oxygens (including phenoxy) is 3. The van der Waals surface area contributed by atoms with Crippen LogP contribution in [0.4, 0.5) is 0 Å². The second-order valence-corrected chi connectivity index (χ2v) is 18.8. The van der Waals surface area contributed by atoms with Gasteiger partial charge in [-0.25, -0.2) is 0 Å². The molecule has 0 aromatic rings. The van der Waals surface area contributed by atoms with Gasteiger partial charge in [0.05, 0.1) is 0 Å². The predicted molar refractivity (Wildman–Crippen MR) is 288 cm³/mol. The van der Waals surface area contributed by atoms with Crippen LogP contribution in [0, 0.1) is 0 Å². The van der Waals surface area contributed by atoms with Crippen LogP contribution in [0.2, 0.25) is 0 Å². The van der Waals surface area contributed by atoms with Crippen molar-refractivity contribution in [3.05, 3.63) is 72.9 Å². The molecule has 0 saturated carbocycles. The molecule has 0 aliphatic carbocycles. The maximum Gasteiger partial charge on any atom is 0.306 e. The highest BCUT2D eigenvalue weighted by atomic mass is 16.6. The molecule has 0 fully saturated rings. The van der Waals surface area contributed by atoms with Gasteiger partial charge in [-0.2, -0.15) is 0 Å². The molecule has 0 N–H and O–H groups in total. The average Bonchev–Trinajstić information content (AvgIpc) is 3.33. The SMILES string of the molecule is CCCCC/C=C\C/C=C\C/C=C\CCCCC(=O)O[C@@H](COC(=O)CCCCCCC/C=C\CCCCCCCC)COC(=O)CCCCCCCCCCC/C=C\C/C=C\CCCCC.